The molecule has 2 aromatic carbocycles. The van der Waals surface area contributed by atoms with Gasteiger partial charge in [-0.05, 0) is 48.4 Å². The van der Waals surface area contributed by atoms with Crippen molar-refractivity contribution in [1.82, 2.24) is 4.98 Å². The molecule has 7 nitrogen and oxygen atoms in total. The zero-order valence-electron chi connectivity index (χ0n) is 17.9. The van der Waals surface area contributed by atoms with E-state index >= 15 is 0 Å². The number of benzene rings is 2. The Bertz CT molecular complexity index is 1220. The SMILES string of the molecule is Cc1ccc(NCC(C)(CO)c2ccc3c(c2)OC(F)(F)O3)nc1-c1cccc(C(=O)O)c1. The largest absolute Gasteiger partial charge is 0.586 e. The summed E-state index contributed by atoms with van der Waals surface area (Å²) >= 11 is 0. The van der Waals surface area contributed by atoms with Crippen LogP contribution in [0.1, 0.15) is 28.4 Å². The van der Waals surface area contributed by atoms with E-state index in [4.69, 9.17) is 0 Å². The molecule has 0 amide bonds. The van der Waals surface area contributed by atoms with Gasteiger partial charge in [0.15, 0.2) is 11.5 Å². The molecule has 172 valence electrons. The lowest BCUT2D eigenvalue weighted by atomic mass is 9.83. The van der Waals surface area contributed by atoms with Gasteiger partial charge < -0.3 is 25.0 Å². The second kappa shape index (κ2) is 8.32. The van der Waals surface area contributed by atoms with Crippen LogP contribution in [-0.4, -0.2) is 40.6 Å². The lowest BCUT2D eigenvalue weighted by Crippen LogP contribution is -2.35. The molecule has 4 rings (SSSR count). The fourth-order valence-corrected chi connectivity index (χ4v) is 3.58. The van der Waals surface area contributed by atoms with E-state index in [1.807, 2.05) is 13.0 Å². The Balaban J connectivity index is 1.57. The predicted octanol–water partition coefficient (Wildman–Crippen LogP) is 4.44. The van der Waals surface area contributed by atoms with Gasteiger partial charge in [0.2, 0.25) is 0 Å². The molecule has 3 N–H and O–H groups in total. The van der Waals surface area contributed by atoms with Gasteiger partial charge in [-0.25, -0.2) is 9.78 Å². The van der Waals surface area contributed by atoms with Gasteiger partial charge >= 0.3 is 12.3 Å². The topological polar surface area (TPSA) is 101 Å². The number of aryl methyl sites for hydroxylation is 1. The third-order valence-electron chi connectivity index (χ3n) is 5.59. The quantitative estimate of drug-likeness (QED) is 0.483. The van der Waals surface area contributed by atoms with Crippen LogP contribution in [-0.2, 0) is 5.41 Å². The molecule has 9 heteroatoms. The van der Waals surface area contributed by atoms with Gasteiger partial charge in [-0.3, -0.25) is 0 Å². The van der Waals surface area contributed by atoms with Crippen molar-refractivity contribution in [1.29, 1.82) is 0 Å². The van der Waals surface area contributed by atoms with Crippen LogP contribution in [0, 0.1) is 6.92 Å². The second-order valence-electron chi connectivity index (χ2n) is 8.15. The molecule has 0 fully saturated rings. The van der Waals surface area contributed by atoms with Crippen LogP contribution in [0.5, 0.6) is 11.5 Å². The van der Waals surface area contributed by atoms with Gasteiger partial charge in [0.25, 0.3) is 0 Å². The molecular formula is C24H22F2N2O5. The third kappa shape index (κ3) is 4.58. The fourth-order valence-electron chi connectivity index (χ4n) is 3.58. The third-order valence-corrected chi connectivity index (χ3v) is 5.59. The lowest BCUT2D eigenvalue weighted by Gasteiger charge is -2.28. The number of hydrogen-bond acceptors (Lipinski definition) is 6. The Hall–Kier alpha value is -3.72. The molecule has 1 unspecified atom stereocenters. The van der Waals surface area contributed by atoms with E-state index in [-0.39, 0.29) is 30.2 Å². The number of anilines is 1. The summed E-state index contributed by atoms with van der Waals surface area (Å²) in [5.41, 5.74) is 2.06. The van der Waals surface area contributed by atoms with Crippen LogP contribution >= 0.6 is 0 Å². The van der Waals surface area contributed by atoms with Gasteiger partial charge in [-0.2, -0.15) is 0 Å². The molecule has 3 aromatic rings. The monoisotopic (exact) mass is 456 g/mol. The molecular weight excluding hydrogens is 434 g/mol. The van der Waals surface area contributed by atoms with E-state index in [0.717, 1.165) is 5.56 Å². The summed E-state index contributed by atoms with van der Waals surface area (Å²) in [5, 5.41) is 22.5. The number of aromatic carboxylic acids is 1. The van der Waals surface area contributed by atoms with Crippen LogP contribution in [0.4, 0.5) is 14.6 Å². The Kier molecular flexibility index (Phi) is 5.67. The van der Waals surface area contributed by atoms with Gasteiger partial charge in [0.1, 0.15) is 5.82 Å². The van der Waals surface area contributed by atoms with Crippen molar-refractivity contribution in [2.75, 3.05) is 18.5 Å². The van der Waals surface area contributed by atoms with Gasteiger partial charge in [-0.15, -0.1) is 8.78 Å². The molecule has 1 atom stereocenters. The Morgan fingerprint density at radius 2 is 1.88 bits per heavy atom. The first-order chi connectivity index (χ1) is 15.6. The molecule has 0 radical (unpaired) electrons. The minimum atomic E-state index is -3.71. The summed E-state index contributed by atoms with van der Waals surface area (Å²) in [4.78, 5) is 15.9. The Morgan fingerprint density at radius 3 is 2.61 bits per heavy atom. The molecule has 1 aromatic heterocycles. The van der Waals surface area contributed by atoms with Crippen molar-refractivity contribution < 1.29 is 33.3 Å². The van der Waals surface area contributed by atoms with Crippen LogP contribution < -0.4 is 14.8 Å². The van der Waals surface area contributed by atoms with Crippen LogP contribution in [0.2, 0.25) is 0 Å². The maximum Gasteiger partial charge on any atom is 0.586 e. The van der Waals surface area contributed by atoms with Crippen LogP contribution in [0.15, 0.2) is 54.6 Å². The molecule has 33 heavy (non-hydrogen) atoms. The molecule has 0 bridgehead atoms. The summed E-state index contributed by atoms with van der Waals surface area (Å²) in [6.45, 7) is 3.63. The lowest BCUT2D eigenvalue weighted by molar-refractivity contribution is -0.286. The normalized spacial score (nSPS) is 15.7. The minimum Gasteiger partial charge on any atom is -0.478 e. The number of fused-ring (bicyclic) bond motifs is 1. The second-order valence-corrected chi connectivity index (χ2v) is 8.15. The number of aromatic nitrogens is 1. The van der Waals surface area contributed by atoms with Crippen molar-refractivity contribution in [3.8, 4) is 22.8 Å². The summed E-state index contributed by atoms with van der Waals surface area (Å²) in [6, 6.07) is 14.6. The number of carbonyl (C=O) groups is 1. The fraction of sp³-hybridized carbons (Fsp3) is 0.250. The first-order valence-corrected chi connectivity index (χ1v) is 10.2. The predicted molar refractivity (Wildman–Crippen MR) is 117 cm³/mol. The highest BCUT2D eigenvalue weighted by molar-refractivity contribution is 5.89. The van der Waals surface area contributed by atoms with Crippen molar-refractivity contribution in [3.63, 3.8) is 0 Å². The van der Waals surface area contributed by atoms with E-state index in [1.54, 1.807) is 37.3 Å². The smallest absolute Gasteiger partial charge is 0.478 e. The number of aliphatic hydroxyl groups is 1. The highest BCUT2D eigenvalue weighted by Gasteiger charge is 2.44. The maximum absolute atomic E-state index is 13.3. The molecule has 2 heterocycles. The highest BCUT2D eigenvalue weighted by Crippen LogP contribution is 2.43. The van der Waals surface area contributed by atoms with E-state index < -0.39 is 17.7 Å². The summed E-state index contributed by atoms with van der Waals surface area (Å²) in [5.74, 6) is -0.663. The molecule has 0 aliphatic carbocycles. The zero-order chi connectivity index (χ0) is 23.8. The average molecular weight is 456 g/mol. The number of carboxylic acid groups (broad SMARTS) is 1. The van der Waals surface area contributed by atoms with E-state index in [9.17, 15) is 23.8 Å². The van der Waals surface area contributed by atoms with Crippen molar-refractivity contribution in [2.45, 2.75) is 25.6 Å². The minimum absolute atomic E-state index is 0.0644. The summed E-state index contributed by atoms with van der Waals surface area (Å²) in [6.07, 6.45) is -3.71. The number of aliphatic hydroxyl groups excluding tert-OH is 1. The Morgan fingerprint density at radius 1 is 1.12 bits per heavy atom. The number of halogens is 2. The van der Waals surface area contributed by atoms with E-state index in [0.29, 0.717) is 22.6 Å². The van der Waals surface area contributed by atoms with Crippen molar-refractivity contribution in [2.24, 2.45) is 0 Å². The summed E-state index contributed by atoms with van der Waals surface area (Å²) < 4.78 is 35.7. The number of rotatable bonds is 7. The number of nitrogens with one attached hydrogen (secondary N) is 1. The first-order valence-electron chi connectivity index (χ1n) is 10.2. The van der Waals surface area contributed by atoms with Crippen molar-refractivity contribution >= 4 is 11.8 Å². The first kappa shape index (κ1) is 22.5. The number of ether oxygens (including phenoxy) is 2. The van der Waals surface area contributed by atoms with E-state index in [2.05, 4.69) is 19.8 Å². The molecule has 0 spiro atoms. The van der Waals surface area contributed by atoms with Gasteiger partial charge in [-0.1, -0.05) is 31.2 Å². The zero-order valence-corrected chi connectivity index (χ0v) is 17.9. The van der Waals surface area contributed by atoms with Crippen LogP contribution in [0.3, 0.4) is 0 Å². The summed E-state index contributed by atoms with van der Waals surface area (Å²) in [7, 11) is 0. The molecule has 0 saturated heterocycles. The number of carboxylic acids is 1. The standard InChI is InChI=1S/C24H22F2N2O5/c1-14-6-9-20(28-21(14)15-4-3-5-16(10-15)22(30)31)27-12-23(2,13-29)17-7-8-18-19(11-17)33-24(25,26)32-18/h3-11,29H,12-13H2,1-2H3,(H,27,28)(H,30,31). The average Bonchev–Trinajstić information content (AvgIpc) is 3.11. The van der Waals surface area contributed by atoms with E-state index in [1.165, 1.54) is 18.2 Å². The Labute approximate surface area is 188 Å². The number of alkyl halides is 2. The maximum atomic E-state index is 13.3. The number of pyridine rings is 1. The highest BCUT2D eigenvalue weighted by atomic mass is 19.3. The number of hydrogen-bond donors (Lipinski definition) is 3. The van der Waals surface area contributed by atoms with Gasteiger partial charge in [0, 0.05) is 17.5 Å². The number of nitrogens with zero attached hydrogens (tertiary/aromatic N) is 1. The molecule has 0 saturated carbocycles. The van der Waals surface area contributed by atoms with Crippen LogP contribution in [0.25, 0.3) is 11.3 Å². The van der Waals surface area contributed by atoms with Crippen molar-refractivity contribution in [3.05, 3.63) is 71.3 Å². The molecule has 1 aliphatic rings. The molecule has 1 aliphatic heterocycles. The van der Waals surface area contributed by atoms with Gasteiger partial charge in [0.05, 0.1) is 17.9 Å².